The number of hydrogen-bond acceptors (Lipinski definition) is 3. The van der Waals surface area contributed by atoms with E-state index in [0.717, 1.165) is 43.5 Å². The van der Waals surface area contributed by atoms with Gasteiger partial charge < -0.3 is 9.64 Å². The van der Waals surface area contributed by atoms with Crippen molar-refractivity contribution < 1.29 is 9.53 Å². The van der Waals surface area contributed by atoms with E-state index in [1.165, 1.54) is 16.7 Å². The molecular formula is C25H33ClN2O2. The molecule has 2 aromatic rings. The van der Waals surface area contributed by atoms with Gasteiger partial charge in [0.2, 0.25) is 0 Å². The number of benzene rings is 2. The van der Waals surface area contributed by atoms with Gasteiger partial charge in [0.25, 0.3) is 5.91 Å². The molecule has 0 radical (unpaired) electrons. The number of hydrogen-bond donors (Lipinski definition) is 0. The zero-order valence-corrected chi connectivity index (χ0v) is 19.3. The van der Waals surface area contributed by atoms with Crippen LogP contribution in [0.3, 0.4) is 0 Å². The third-order valence-electron chi connectivity index (χ3n) is 5.70. The van der Waals surface area contributed by atoms with Crippen molar-refractivity contribution in [2.75, 3.05) is 32.8 Å². The minimum absolute atomic E-state index is 0.0643. The predicted octanol–water partition coefficient (Wildman–Crippen LogP) is 5.31. The minimum Gasteiger partial charge on any atom is -0.483 e. The first-order chi connectivity index (χ1) is 14.3. The Bertz CT molecular complexity index is 814. The van der Waals surface area contributed by atoms with Crippen LogP contribution < -0.4 is 4.74 Å². The fourth-order valence-corrected chi connectivity index (χ4v) is 4.00. The van der Waals surface area contributed by atoms with Crippen LogP contribution in [0.5, 0.6) is 5.75 Å². The van der Waals surface area contributed by atoms with Crippen LogP contribution in [-0.2, 0) is 11.3 Å². The number of ether oxygens (including phenoxy) is 1. The second-order valence-electron chi connectivity index (χ2n) is 8.65. The number of para-hydroxylation sites is 1. The summed E-state index contributed by atoms with van der Waals surface area (Å²) < 4.78 is 6.12. The molecule has 0 aromatic heterocycles. The maximum atomic E-state index is 12.8. The van der Waals surface area contributed by atoms with Gasteiger partial charge in [-0.3, -0.25) is 9.69 Å². The zero-order valence-electron chi connectivity index (χ0n) is 18.5. The van der Waals surface area contributed by atoms with E-state index in [2.05, 4.69) is 62.9 Å². The predicted molar refractivity (Wildman–Crippen MR) is 123 cm³/mol. The fraction of sp³-hybridized carbons (Fsp3) is 0.480. The van der Waals surface area contributed by atoms with E-state index in [4.69, 9.17) is 16.3 Å². The van der Waals surface area contributed by atoms with Crippen LogP contribution in [0.4, 0.5) is 0 Å². The summed E-state index contributed by atoms with van der Waals surface area (Å²) in [6.07, 6.45) is 0. The molecule has 1 heterocycles. The maximum absolute atomic E-state index is 12.8. The molecule has 5 heteroatoms. The summed E-state index contributed by atoms with van der Waals surface area (Å²) in [6.45, 7) is 12.8. The smallest absolute Gasteiger partial charge is 0.260 e. The lowest BCUT2D eigenvalue weighted by Crippen LogP contribution is -2.49. The molecule has 0 unspecified atom stereocenters. The molecule has 3 rings (SSSR count). The maximum Gasteiger partial charge on any atom is 0.260 e. The van der Waals surface area contributed by atoms with Crippen LogP contribution in [0.2, 0.25) is 5.02 Å². The van der Waals surface area contributed by atoms with Gasteiger partial charge in [0.05, 0.1) is 0 Å². The molecule has 0 N–H and O–H groups in total. The summed E-state index contributed by atoms with van der Waals surface area (Å²) in [7, 11) is 0. The SMILES string of the molecule is CC(C)c1cccc(C(C)C)c1OCC(=O)N1CCN(Cc2ccc(Cl)cc2)CC1. The van der Waals surface area contributed by atoms with E-state index in [1.807, 2.05) is 17.0 Å². The van der Waals surface area contributed by atoms with Crippen LogP contribution in [0.1, 0.15) is 56.2 Å². The minimum atomic E-state index is 0.0643. The number of piperazine rings is 1. The van der Waals surface area contributed by atoms with E-state index >= 15 is 0 Å². The van der Waals surface area contributed by atoms with Gasteiger partial charge in [0, 0.05) is 37.7 Å². The molecular weight excluding hydrogens is 396 g/mol. The first-order valence-corrected chi connectivity index (χ1v) is 11.2. The number of rotatable bonds is 7. The molecule has 4 nitrogen and oxygen atoms in total. The highest BCUT2D eigenvalue weighted by Gasteiger charge is 2.23. The third kappa shape index (κ3) is 5.77. The van der Waals surface area contributed by atoms with Crippen molar-refractivity contribution in [2.45, 2.75) is 46.1 Å². The van der Waals surface area contributed by atoms with Crippen molar-refractivity contribution in [3.63, 3.8) is 0 Å². The second kappa shape index (κ2) is 10.3. The molecule has 1 aliphatic rings. The Labute approximate surface area is 185 Å². The van der Waals surface area contributed by atoms with E-state index < -0.39 is 0 Å². The molecule has 1 amide bonds. The van der Waals surface area contributed by atoms with E-state index in [-0.39, 0.29) is 12.5 Å². The Hall–Kier alpha value is -2.04. The van der Waals surface area contributed by atoms with Gasteiger partial charge in [-0.2, -0.15) is 0 Å². The normalized spacial score (nSPS) is 15.1. The number of amides is 1. The van der Waals surface area contributed by atoms with Crippen molar-refractivity contribution >= 4 is 17.5 Å². The lowest BCUT2D eigenvalue weighted by atomic mass is 9.94. The zero-order chi connectivity index (χ0) is 21.7. The molecule has 0 bridgehead atoms. The number of nitrogens with zero attached hydrogens (tertiary/aromatic N) is 2. The average molecular weight is 429 g/mol. The Kier molecular flexibility index (Phi) is 7.79. The average Bonchev–Trinajstić information content (AvgIpc) is 2.73. The number of halogens is 1. The van der Waals surface area contributed by atoms with Crippen LogP contribution in [0.25, 0.3) is 0 Å². The first-order valence-electron chi connectivity index (χ1n) is 10.8. The van der Waals surface area contributed by atoms with Crippen LogP contribution in [0.15, 0.2) is 42.5 Å². The summed E-state index contributed by atoms with van der Waals surface area (Å²) in [4.78, 5) is 17.1. The summed E-state index contributed by atoms with van der Waals surface area (Å²) in [6, 6.07) is 14.3. The summed E-state index contributed by atoms with van der Waals surface area (Å²) in [5.41, 5.74) is 3.58. The Balaban J connectivity index is 1.55. The van der Waals surface area contributed by atoms with E-state index in [9.17, 15) is 4.79 Å². The van der Waals surface area contributed by atoms with Crippen LogP contribution in [-0.4, -0.2) is 48.5 Å². The van der Waals surface area contributed by atoms with Crippen LogP contribution in [0, 0.1) is 0 Å². The molecule has 1 fully saturated rings. The molecule has 1 aliphatic heterocycles. The van der Waals surface area contributed by atoms with Gasteiger partial charge in [-0.05, 0) is 40.7 Å². The topological polar surface area (TPSA) is 32.8 Å². The van der Waals surface area contributed by atoms with Gasteiger partial charge >= 0.3 is 0 Å². The van der Waals surface area contributed by atoms with Gasteiger partial charge in [-0.1, -0.05) is 69.6 Å². The molecule has 0 aliphatic carbocycles. The van der Waals surface area contributed by atoms with E-state index in [0.29, 0.717) is 11.8 Å². The highest BCUT2D eigenvalue weighted by Crippen LogP contribution is 2.34. The van der Waals surface area contributed by atoms with Crippen molar-refractivity contribution in [3.05, 3.63) is 64.2 Å². The molecule has 30 heavy (non-hydrogen) atoms. The highest BCUT2D eigenvalue weighted by molar-refractivity contribution is 6.30. The van der Waals surface area contributed by atoms with Gasteiger partial charge in [-0.25, -0.2) is 0 Å². The Morgan fingerprint density at radius 3 is 2.03 bits per heavy atom. The molecule has 162 valence electrons. The monoisotopic (exact) mass is 428 g/mol. The first kappa shape index (κ1) is 22.6. The van der Waals surface area contributed by atoms with Crippen molar-refractivity contribution in [1.29, 1.82) is 0 Å². The Morgan fingerprint density at radius 2 is 1.50 bits per heavy atom. The number of carbonyl (C=O) groups excluding carboxylic acids is 1. The molecule has 1 saturated heterocycles. The Morgan fingerprint density at radius 1 is 0.933 bits per heavy atom. The molecule has 0 spiro atoms. The van der Waals surface area contributed by atoms with Crippen molar-refractivity contribution in [2.24, 2.45) is 0 Å². The standard InChI is InChI=1S/C25H33ClN2O2/c1-18(2)22-6-5-7-23(19(3)4)25(22)30-17-24(29)28-14-12-27(13-15-28)16-20-8-10-21(26)11-9-20/h5-11,18-19H,12-17H2,1-4H3. The van der Waals surface area contributed by atoms with Crippen molar-refractivity contribution in [1.82, 2.24) is 9.80 Å². The molecule has 0 atom stereocenters. The highest BCUT2D eigenvalue weighted by atomic mass is 35.5. The summed E-state index contributed by atoms with van der Waals surface area (Å²) >= 11 is 5.97. The van der Waals surface area contributed by atoms with Gasteiger partial charge in [0.1, 0.15) is 5.75 Å². The molecule has 0 saturated carbocycles. The lowest BCUT2D eigenvalue weighted by Gasteiger charge is -2.34. The quantitative estimate of drug-likeness (QED) is 0.599. The van der Waals surface area contributed by atoms with Crippen LogP contribution >= 0.6 is 11.6 Å². The second-order valence-corrected chi connectivity index (χ2v) is 9.08. The third-order valence-corrected chi connectivity index (χ3v) is 5.96. The number of carbonyl (C=O) groups is 1. The summed E-state index contributed by atoms with van der Waals surface area (Å²) in [5, 5.41) is 0.758. The van der Waals surface area contributed by atoms with Gasteiger partial charge in [-0.15, -0.1) is 0 Å². The van der Waals surface area contributed by atoms with Crippen molar-refractivity contribution in [3.8, 4) is 5.75 Å². The lowest BCUT2D eigenvalue weighted by molar-refractivity contribution is -0.135. The van der Waals surface area contributed by atoms with E-state index in [1.54, 1.807) is 0 Å². The van der Waals surface area contributed by atoms with Gasteiger partial charge in [0.15, 0.2) is 6.61 Å². The largest absolute Gasteiger partial charge is 0.483 e. The summed E-state index contributed by atoms with van der Waals surface area (Å²) in [5.74, 6) is 1.65. The molecule has 2 aromatic carbocycles. The fourth-order valence-electron chi connectivity index (χ4n) is 3.88.